The van der Waals surface area contributed by atoms with Gasteiger partial charge in [-0.05, 0) is 12.1 Å². The molecule has 0 amide bonds. The lowest BCUT2D eigenvalue weighted by molar-refractivity contribution is 0.0595. The van der Waals surface area contributed by atoms with E-state index in [-0.39, 0.29) is 5.69 Å². The van der Waals surface area contributed by atoms with Crippen LogP contribution in [0, 0.1) is 0 Å². The molecule has 0 N–H and O–H groups in total. The monoisotopic (exact) mass is 264 g/mol. The molecule has 0 spiro atoms. The van der Waals surface area contributed by atoms with Gasteiger partial charge < -0.3 is 4.74 Å². The van der Waals surface area contributed by atoms with E-state index in [1.165, 1.54) is 7.11 Å². The van der Waals surface area contributed by atoms with Crippen LogP contribution in [0.15, 0.2) is 54.6 Å². The Kier molecular flexibility index (Phi) is 3.13. The van der Waals surface area contributed by atoms with Gasteiger partial charge in [0.15, 0.2) is 5.69 Å². The van der Waals surface area contributed by atoms with Crippen molar-refractivity contribution in [2.45, 2.75) is 0 Å². The van der Waals surface area contributed by atoms with E-state index in [0.717, 1.165) is 11.1 Å². The Bertz CT molecular complexity index is 770. The number of rotatable bonds is 2. The minimum absolute atomic E-state index is 0.234. The number of fused-ring (bicyclic) bond motifs is 1. The van der Waals surface area contributed by atoms with E-state index < -0.39 is 5.97 Å². The zero-order chi connectivity index (χ0) is 13.9. The zero-order valence-corrected chi connectivity index (χ0v) is 10.9. The summed E-state index contributed by atoms with van der Waals surface area (Å²) in [7, 11) is 1.34. The van der Waals surface area contributed by atoms with Crippen LogP contribution < -0.4 is 0 Å². The van der Waals surface area contributed by atoms with E-state index in [9.17, 15) is 4.79 Å². The van der Waals surface area contributed by atoms with Gasteiger partial charge in [0, 0.05) is 5.56 Å². The Balaban J connectivity index is 2.30. The summed E-state index contributed by atoms with van der Waals surface area (Å²) in [5.41, 5.74) is 3.03. The van der Waals surface area contributed by atoms with E-state index in [0.29, 0.717) is 11.2 Å². The first kappa shape index (κ1) is 12.3. The lowest BCUT2D eigenvalue weighted by Gasteiger charge is -2.08. The Morgan fingerprint density at radius 3 is 2.15 bits per heavy atom. The summed E-state index contributed by atoms with van der Waals surface area (Å²) in [4.78, 5) is 20.9. The van der Waals surface area contributed by atoms with Gasteiger partial charge in [-0.1, -0.05) is 42.5 Å². The molecule has 0 saturated carbocycles. The van der Waals surface area contributed by atoms with Crippen molar-refractivity contribution in [3.63, 3.8) is 0 Å². The fourth-order valence-electron chi connectivity index (χ4n) is 2.04. The van der Waals surface area contributed by atoms with Crippen molar-refractivity contribution >= 4 is 17.0 Å². The predicted octanol–water partition coefficient (Wildman–Crippen LogP) is 3.08. The maximum absolute atomic E-state index is 11.9. The van der Waals surface area contributed by atoms with Crippen molar-refractivity contribution in [2.75, 3.05) is 7.11 Å². The normalized spacial score (nSPS) is 10.4. The maximum atomic E-state index is 11.9. The molecule has 98 valence electrons. The van der Waals surface area contributed by atoms with Crippen LogP contribution in [0.3, 0.4) is 0 Å². The Morgan fingerprint density at radius 2 is 1.50 bits per heavy atom. The van der Waals surface area contributed by atoms with Gasteiger partial charge in [-0.15, -0.1) is 0 Å². The van der Waals surface area contributed by atoms with E-state index in [1.807, 2.05) is 54.6 Å². The number of carbonyl (C=O) groups is 1. The smallest absolute Gasteiger partial charge is 0.358 e. The lowest BCUT2D eigenvalue weighted by Crippen LogP contribution is -2.08. The van der Waals surface area contributed by atoms with Gasteiger partial charge in [0.1, 0.15) is 5.69 Å². The van der Waals surface area contributed by atoms with E-state index in [2.05, 4.69) is 9.97 Å². The number of esters is 1. The zero-order valence-electron chi connectivity index (χ0n) is 10.9. The molecular formula is C16H12N2O2. The largest absolute Gasteiger partial charge is 0.464 e. The first-order chi connectivity index (χ1) is 9.79. The fraction of sp³-hybridized carbons (Fsp3) is 0.0625. The van der Waals surface area contributed by atoms with Gasteiger partial charge in [-0.25, -0.2) is 14.8 Å². The van der Waals surface area contributed by atoms with Crippen molar-refractivity contribution in [2.24, 2.45) is 0 Å². The summed E-state index contributed by atoms with van der Waals surface area (Å²) in [6.07, 6.45) is 0. The topological polar surface area (TPSA) is 52.1 Å². The van der Waals surface area contributed by atoms with Gasteiger partial charge in [-0.3, -0.25) is 0 Å². The van der Waals surface area contributed by atoms with Crippen molar-refractivity contribution in [1.82, 2.24) is 9.97 Å². The second-order valence-corrected chi connectivity index (χ2v) is 4.27. The molecule has 0 aliphatic rings. The molecule has 3 rings (SSSR count). The molecule has 0 radical (unpaired) electrons. The summed E-state index contributed by atoms with van der Waals surface area (Å²) in [5, 5.41) is 0. The highest BCUT2D eigenvalue weighted by molar-refractivity contribution is 5.96. The van der Waals surface area contributed by atoms with Crippen LogP contribution in [0.25, 0.3) is 22.3 Å². The number of ether oxygens (including phenoxy) is 1. The molecule has 0 atom stereocenters. The Hall–Kier alpha value is -2.75. The van der Waals surface area contributed by atoms with Crippen molar-refractivity contribution in [3.05, 3.63) is 60.3 Å². The molecule has 2 aromatic carbocycles. The summed E-state index contributed by atoms with van der Waals surface area (Å²) >= 11 is 0. The number of nitrogens with zero attached hydrogens (tertiary/aromatic N) is 2. The van der Waals surface area contributed by atoms with Crippen LogP contribution >= 0.6 is 0 Å². The molecule has 3 aromatic rings. The Labute approximate surface area is 116 Å². The van der Waals surface area contributed by atoms with Crippen LogP contribution in [0.2, 0.25) is 0 Å². The van der Waals surface area contributed by atoms with Gasteiger partial charge in [0.05, 0.1) is 18.1 Å². The van der Waals surface area contributed by atoms with E-state index >= 15 is 0 Å². The van der Waals surface area contributed by atoms with E-state index in [1.54, 1.807) is 0 Å². The van der Waals surface area contributed by atoms with Crippen molar-refractivity contribution < 1.29 is 9.53 Å². The molecule has 0 aliphatic carbocycles. The highest BCUT2D eigenvalue weighted by atomic mass is 16.5. The molecule has 1 aromatic heterocycles. The number of hydrogen-bond donors (Lipinski definition) is 0. The second-order valence-electron chi connectivity index (χ2n) is 4.27. The molecule has 4 heteroatoms. The summed E-state index contributed by atoms with van der Waals surface area (Å²) in [5.74, 6) is -0.484. The third-order valence-electron chi connectivity index (χ3n) is 3.00. The van der Waals surface area contributed by atoms with Crippen LogP contribution in [-0.4, -0.2) is 23.0 Å². The Morgan fingerprint density at radius 1 is 0.900 bits per heavy atom. The third-order valence-corrected chi connectivity index (χ3v) is 3.00. The highest BCUT2D eigenvalue weighted by Crippen LogP contribution is 2.23. The van der Waals surface area contributed by atoms with Gasteiger partial charge in [-0.2, -0.15) is 0 Å². The second kappa shape index (κ2) is 5.09. The van der Waals surface area contributed by atoms with Crippen molar-refractivity contribution in [1.29, 1.82) is 0 Å². The lowest BCUT2D eigenvalue weighted by atomic mass is 10.1. The van der Waals surface area contributed by atoms with Crippen LogP contribution in [0.5, 0.6) is 0 Å². The molecule has 20 heavy (non-hydrogen) atoms. The molecule has 0 unspecified atom stereocenters. The fourth-order valence-corrected chi connectivity index (χ4v) is 2.04. The number of benzene rings is 2. The number of methoxy groups -OCH3 is 1. The first-order valence-corrected chi connectivity index (χ1v) is 6.20. The van der Waals surface area contributed by atoms with Crippen LogP contribution in [-0.2, 0) is 4.74 Å². The SMILES string of the molecule is COC(=O)c1nc2ccccc2nc1-c1ccccc1. The predicted molar refractivity (Wildman–Crippen MR) is 76.3 cm³/mol. The van der Waals surface area contributed by atoms with Crippen LogP contribution in [0.4, 0.5) is 0 Å². The molecule has 0 bridgehead atoms. The summed E-state index contributed by atoms with van der Waals surface area (Å²) < 4.78 is 4.81. The van der Waals surface area contributed by atoms with Crippen molar-refractivity contribution in [3.8, 4) is 11.3 Å². The maximum Gasteiger partial charge on any atom is 0.358 e. The minimum Gasteiger partial charge on any atom is -0.464 e. The molecule has 4 nitrogen and oxygen atoms in total. The summed E-state index contributed by atoms with van der Waals surface area (Å²) in [6.45, 7) is 0. The standard InChI is InChI=1S/C16H12N2O2/c1-20-16(19)15-14(11-7-3-2-4-8-11)17-12-9-5-6-10-13(12)18-15/h2-10H,1H3. The molecular weight excluding hydrogens is 252 g/mol. The quantitative estimate of drug-likeness (QED) is 0.667. The number of aromatic nitrogens is 2. The molecule has 0 aliphatic heterocycles. The number of hydrogen-bond acceptors (Lipinski definition) is 4. The average Bonchev–Trinajstić information content (AvgIpc) is 2.53. The third kappa shape index (κ3) is 2.12. The van der Waals surface area contributed by atoms with E-state index in [4.69, 9.17) is 4.74 Å². The summed E-state index contributed by atoms with van der Waals surface area (Å²) in [6, 6.07) is 16.9. The molecule has 0 saturated heterocycles. The van der Waals surface area contributed by atoms with Crippen LogP contribution in [0.1, 0.15) is 10.5 Å². The highest BCUT2D eigenvalue weighted by Gasteiger charge is 2.17. The number of para-hydroxylation sites is 2. The average molecular weight is 264 g/mol. The first-order valence-electron chi connectivity index (χ1n) is 6.20. The van der Waals surface area contributed by atoms with Gasteiger partial charge >= 0.3 is 5.97 Å². The van der Waals surface area contributed by atoms with Gasteiger partial charge in [0.2, 0.25) is 0 Å². The minimum atomic E-state index is -0.484. The molecule has 1 heterocycles. The number of carbonyl (C=O) groups excluding carboxylic acids is 1. The molecule has 0 fully saturated rings. The van der Waals surface area contributed by atoms with Gasteiger partial charge in [0.25, 0.3) is 0 Å².